The Morgan fingerprint density at radius 2 is 1.94 bits per heavy atom. The lowest BCUT2D eigenvalue weighted by molar-refractivity contribution is -0.121. The number of carbonyl (C=O) groups excluding carboxylic acids is 1. The van der Waals surface area contributed by atoms with Gasteiger partial charge in [-0.1, -0.05) is 25.7 Å². The number of amides is 1. The van der Waals surface area contributed by atoms with Crippen molar-refractivity contribution in [3.05, 3.63) is 0 Å². The van der Waals surface area contributed by atoms with Crippen LogP contribution in [0.15, 0.2) is 0 Å². The fourth-order valence-corrected chi connectivity index (χ4v) is 2.27. The molecule has 18 heavy (non-hydrogen) atoms. The molecule has 0 saturated heterocycles. The number of hydrogen-bond acceptors (Lipinski definition) is 4. The molecule has 1 saturated carbocycles. The second-order valence-electron chi connectivity index (χ2n) is 5.08. The minimum atomic E-state index is -0.696. The standard InChI is InChI=1S/C13H26N2O3/c1-18-9-8-14-10-12(16)15-11-13(17)6-4-2-3-5-7-13/h14,17H,2-11H2,1H3,(H,15,16). The Bertz CT molecular complexity index is 238. The highest BCUT2D eigenvalue weighted by molar-refractivity contribution is 5.78. The van der Waals surface area contributed by atoms with Gasteiger partial charge in [0.1, 0.15) is 0 Å². The van der Waals surface area contributed by atoms with Crippen molar-refractivity contribution in [2.45, 2.75) is 44.1 Å². The van der Waals surface area contributed by atoms with Crippen LogP contribution in [-0.2, 0) is 9.53 Å². The van der Waals surface area contributed by atoms with E-state index in [1.54, 1.807) is 7.11 Å². The fraction of sp³-hybridized carbons (Fsp3) is 0.923. The topological polar surface area (TPSA) is 70.6 Å². The molecule has 0 bridgehead atoms. The van der Waals surface area contributed by atoms with Crippen LogP contribution < -0.4 is 10.6 Å². The van der Waals surface area contributed by atoms with E-state index in [2.05, 4.69) is 10.6 Å². The predicted octanol–water partition coefficient (Wildman–Crippen LogP) is 0.424. The molecule has 1 rings (SSSR count). The summed E-state index contributed by atoms with van der Waals surface area (Å²) in [6.07, 6.45) is 6.08. The summed E-state index contributed by atoms with van der Waals surface area (Å²) in [4.78, 5) is 11.6. The monoisotopic (exact) mass is 258 g/mol. The van der Waals surface area contributed by atoms with E-state index in [1.165, 1.54) is 12.8 Å². The fourth-order valence-electron chi connectivity index (χ4n) is 2.27. The summed E-state index contributed by atoms with van der Waals surface area (Å²) in [5, 5.41) is 16.1. The van der Waals surface area contributed by atoms with Gasteiger partial charge in [0.25, 0.3) is 0 Å². The molecule has 0 aliphatic heterocycles. The summed E-state index contributed by atoms with van der Waals surface area (Å²) in [5.74, 6) is -0.0659. The summed E-state index contributed by atoms with van der Waals surface area (Å²) < 4.78 is 4.87. The zero-order valence-corrected chi connectivity index (χ0v) is 11.3. The van der Waals surface area contributed by atoms with Crippen LogP contribution in [0.3, 0.4) is 0 Å². The Hall–Kier alpha value is -0.650. The highest BCUT2D eigenvalue weighted by atomic mass is 16.5. The third kappa shape index (κ3) is 6.33. The average molecular weight is 258 g/mol. The summed E-state index contributed by atoms with van der Waals surface area (Å²) in [5.41, 5.74) is -0.696. The van der Waals surface area contributed by atoms with Crippen molar-refractivity contribution in [2.75, 3.05) is 33.4 Å². The molecule has 0 aromatic carbocycles. The second kappa shape index (κ2) is 8.45. The Morgan fingerprint density at radius 3 is 2.56 bits per heavy atom. The third-order valence-corrected chi connectivity index (χ3v) is 3.42. The van der Waals surface area contributed by atoms with E-state index >= 15 is 0 Å². The number of methoxy groups -OCH3 is 1. The van der Waals surface area contributed by atoms with E-state index in [9.17, 15) is 9.90 Å². The van der Waals surface area contributed by atoms with Crippen molar-refractivity contribution in [3.63, 3.8) is 0 Å². The molecule has 0 aromatic rings. The summed E-state index contributed by atoms with van der Waals surface area (Å²) >= 11 is 0. The average Bonchev–Trinajstić information content (AvgIpc) is 2.58. The first-order valence-corrected chi connectivity index (χ1v) is 6.85. The normalized spacial score (nSPS) is 19.2. The van der Waals surface area contributed by atoms with E-state index in [1.807, 2.05) is 0 Å². The molecule has 0 heterocycles. The molecule has 1 aliphatic carbocycles. The molecular weight excluding hydrogens is 232 g/mol. The first-order chi connectivity index (χ1) is 8.66. The van der Waals surface area contributed by atoms with Crippen molar-refractivity contribution < 1.29 is 14.6 Å². The lowest BCUT2D eigenvalue weighted by Crippen LogP contribution is -2.45. The van der Waals surface area contributed by atoms with Crippen LogP contribution in [0.1, 0.15) is 38.5 Å². The number of ether oxygens (including phenoxy) is 1. The van der Waals surface area contributed by atoms with E-state index < -0.39 is 5.60 Å². The van der Waals surface area contributed by atoms with Crippen LogP contribution in [0.5, 0.6) is 0 Å². The van der Waals surface area contributed by atoms with Gasteiger partial charge in [-0.05, 0) is 12.8 Å². The molecule has 5 heteroatoms. The Morgan fingerprint density at radius 1 is 1.28 bits per heavy atom. The zero-order chi connectivity index (χ0) is 13.3. The van der Waals surface area contributed by atoms with Gasteiger partial charge in [0, 0.05) is 20.2 Å². The molecule has 3 N–H and O–H groups in total. The molecule has 5 nitrogen and oxygen atoms in total. The molecular formula is C13H26N2O3. The van der Waals surface area contributed by atoms with E-state index in [-0.39, 0.29) is 12.5 Å². The predicted molar refractivity (Wildman–Crippen MR) is 70.4 cm³/mol. The van der Waals surface area contributed by atoms with Crippen LogP contribution in [0.2, 0.25) is 0 Å². The first kappa shape index (κ1) is 15.4. The largest absolute Gasteiger partial charge is 0.388 e. The van der Waals surface area contributed by atoms with Crippen molar-refractivity contribution in [3.8, 4) is 0 Å². The van der Waals surface area contributed by atoms with Crippen molar-refractivity contribution in [2.24, 2.45) is 0 Å². The highest BCUT2D eigenvalue weighted by Gasteiger charge is 2.28. The van der Waals surface area contributed by atoms with E-state index in [0.29, 0.717) is 19.7 Å². The summed E-state index contributed by atoms with van der Waals surface area (Å²) in [7, 11) is 1.63. The van der Waals surface area contributed by atoms with Crippen LogP contribution in [0.25, 0.3) is 0 Å². The molecule has 1 aliphatic rings. The van der Waals surface area contributed by atoms with Gasteiger partial charge in [0.15, 0.2) is 0 Å². The summed E-state index contributed by atoms with van der Waals surface area (Å²) in [6, 6.07) is 0. The minimum Gasteiger partial charge on any atom is -0.388 e. The maximum atomic E-state index is 11.6. The molecule has 0 radical (unpaired) electrons. The first-order valence-electron chi connectivity index (χ1n) is 6.85. The number of nitrogens with one attached hydrogen (secondary N) is 2. The molecule has 0 spiro atoms. The molecule has 1 fully saturated rings. The Kier molecular flexibility index (Phi) is 7.23. The van der Waals surface area contributed by atoms with Crippen LogP contribution in [-0.4, -0.2) is 50.0 Å². The van der Waals surface area contributed by atoms with Crippen molar-refractivity contribution in [1.82, 2.24) is 10.6 Å². The second-order valence-corrected chi connectivity index (χ2v) is 5.08. The van der Waals surface area contributed by atoms with Gasteiger partial charge < -0.3 is 20.5 Å². The molecule has 106 valence electrons. The van der Waals surface area contributed by atoms with Gasteiger partial charge in [-0.3, -0.25) is 4.79 Å². The van der Waals surface area contributed by atoms with Crippen molar-refractivity contribution in [1.29, 1.82) is 0 Å². The SMILES string of the molecule is COCCNCC(=O)NCC1(O)CCCCCC1. The Labute approximate surface area is 109 Å². The van der Waals surface area contributed by atoms with Crippen molar-refractivity contribution >= 4 is 5.91 Å². The Balaban J connectivity index is 2.15. The van der Waals surface area contributed by atoms with Crippen LogP contribution in [0, 0.1) is 0 Å². The van der Waals surface area contributed by atoms with Gasteiger partial charge >= 0.3 is 0 Å². The molecule has 1 amide bonds. The van der Waals surface area contributed by atoms with Gasteiger partial charge in [-0.15, -0.1) is 0 Å². The zero-order valence-electron chi connectivity index (χ0n) is 11.3. The number of aliphatic hydroxyl groups is 1. The van der Waals surface area contributed by atoms with Gasteiger partial charge in [0.05, 0.1) is 18.8 Å². The number of carbonyl (C=O) groups is 1. The molecule has 0 aromatic heterocycles. The highest BCUT2D eigenvalue weighted by Crippen LogP contribution is 2.26. The number of hydrogen-bond donors (Lipinski definition) is 3. The van der Waals surface area contributed by atoms with Crippen LogP contribution in [0.4, 0.5) is 0 Å². The maximum absolute atomic E-state index is 11.6. The third-order valence-electron chi connectivity index (χ3n) is 3.42. The number of rotatable bonds is 7. The van der Waals surface area contributed by atoms with Gasteiger partial charge in [-0.25, -0.2) is 0 Å². The minimum absolute atomic E-state index is 0.0659. The summed E-state index contributed by atoms with van der Waals surface area (Å²) in [6.45, 7) is 1.91. The smallest absolute Gasteiger partial charge is 0.234 e. The van der Waals surface area contributed by atoms with Gasteiger partial charge in [-0.2, -0.15) is 0 Å². The van der Waals surface area contributed by atoms with E-state index in [0.717, 1.165) is 25.7 Å². The molecule has 0 atom stereocenters. The van der Waals surface area contributed by atoms with E-state index in [4.69, 9.17) is 4.74 Å². The van der Waals surface area contributed by atoms with Gasteiger partial charge in [0.2, 0.25) is 5.91 Å². The molecule has 0 unspecified atom stereocenters. The quantitative estimate of drug-likeness (QED) is 0.457. The lowest BCUT2D eigenvalue weighted by Gasteiger charge is -2.26. The van der Waals surface area contributed by atoms with Crippen LogP contribution >= 0.6 is 0 Å². The maximum Gasteiger partial charge on any atom is 0.234 e. The lowest BCUT2D eigenvalue weighted by atomic mass is 9.94.